The molecule has 1 aromatic heterocycles. The summed E-state index contributed by atoms with van der Waals surface area (Å²) in [6.07, 6.45) is 9.61. The van der Waals surface area contributed by atoms with E-state index in [4.69, 9.17) is 4.74 Å². The second-order valence-electron chi connectivity index (χ2n) is 5.94. The van der Waals surface area contributed by atoms with Crippen LogP contribution in [0.2, 0.25) is 0 Å². The molecule has 0 aliphatic heterocycles. The number of unbranched alkanes of at least 4 members (excludes halogenated alkanes) is 1. The molecule has 0 saturated heterocycles. The molecule has 1 aliphatic carbocycles. The van der Waals surface area contributed by atoms with Gasteiger partial charge in [-0.05, 0) is 50.3 Å². The van der Waals surface area contributed by atoms with Gasteiger partial charge in [-0.1, -0.05) is 6.58 Å². The van der Waals surface area contributed by atoms with Crippen LogP contribution in [0.4, 0.5) is 4.39 Å². The molecule has 2 rings (SSSR count). The molecule has 0 atom stereocenters. The predicted octanol–water partition coefficient (Wildman–Crippen LogP) is 3.97. The van der Waals surface area contributed by atoms with Crippen molar-refractivity contribution >= 4 is 6.08 Å². The molecule has 0 aromatic carbocycles. The number of hydrogen-bond donors (Lipinski definition) is 1. The lowest BCUT2D eigenvalue weighted by molar-refractivity contribution is 0.191. The highest BCUT2D eigenvalue weighted by molar-refractivity contribution is 5.60. The Morgan fingerprint density at radius 3 is 2.91 bits per heavy atom. The third-order valence-corrected chi connectivity index (χ3v) is 4.11. The summed E-state index contributed by atoms with van der Waals surface area (Å²) in [4.78, 5) is 0. The highest BCUT2D eigenvalue weighted by atomic mass is 19.1. The Hall–Kier alpha value is -1.39. The summed E-state index contributed by atoms with van der Waals surface area (Å²) in [5.74, 6) is -0.284. The van der Waals surface area contributed by atoms with Gasteiger partial charge in [0.15, 0.2) is 0 Å². The Balaban J connectivity index is 2.11. The molecule has 1 N–H and O–H groups in total. The molecular weight excluding hydrogens is 279 g/mol. The number of ether oxygens (including phenoxy) is 1. The molecule has 0 spiro atoms. The number of aromatic nitrogens is 1. The third-order valence-electron chi connectivity index (χ3n) is 4.11. The van der Waals surface area contributed by atoms with Crippen molar-refractivity contribution in [1.82, 2.24) is 9.88 Å². The van der Waals surface area contributed by atoms with Crippen molar-refractivity contribution in [1.29, 1.82) is 0 Å². The quantitative estimate of drug-likeness (QED) is 0.523. The van der Waals surface area contributed by atoms with Gasteiger partial charge in [-0.2, -0.15) is 0 Å². The molecule has 3 nitrogen and oxygen atoms in total. The van der Waals surface area contributed by atoms with E-state index in [0.717, 1.165) is 49.4 Å². The molecule has 1 fully saturated rings. The lowest BCUT2D eigenvalue weighted by Crippen LogP contribution is -2.15. The fourth-order valence-corrected chi connectivity index (χ4v) is 2.58. The van der Waals surface area contributed by atoms with Crippen LogP contribution in [0.3, 0.4) is 0 Å². The van der Waals surface area contributed by atoms with Crippen molar-refractivity contribution < 1.29 is 9.13 Å². The zero-order valence-corrected chi connectivity index (χ0v) is 13.7. The standard InChI is InChI=1S/C18H27FN2O/c1-4-16(19)11-18-14(2)21(9-5-6-10-22-3)13-15(18)12-20-17-7-8-17/h4,11,13,17,20H,1,5-10,12H2,2-3H3/b16-11+. The van der Waals surface area contributed by atoms with Gasteiger partial charge in [0.25, 0.3) is 0 Å². The third kappa shape index (κ3) is 4.82. The summed E-state index contributed by atoms with van der Waals surface area (Å²) in [5.41, 5.74) is 3.26. The number of halogens is 1. The van der Waals surface area contributed by atoms with E-state index < -0.39 is 0 Å². The van der Waals surface area contributed by atoms with Gasteiger partial charge in [-0.15, -0.1) is 0 Å². The molecule has 1 saturated carbocycles. The van der Waals surface area contributed by atoms with Crippen LogP contribution in [0.25, 0.3) is 6.08 Å². The molecular formula is C18H27FN2O. The molecule has 1 aliphatic rings. The van der Waals surface area contributed by atoms with E-state index in [1.54, 1.807) is 13.2 Å². The fraction of sp³-hybridized carbons (Fsp3) is 0.556. The van der Waals surface area contributed by atoms with Gasteiger partial charge in [0.2, 0.25) is 0 Å². The van der Waals surface area contributed by atoms with Gasteiger partial charge in [0, 0.05) is 50.3 Å². The summed E-state index contributed by atoms with van der Waals surface area (Å²) in [6, 6.07) is 0.645. The largest absolute Gasteiger partial charge is 0.385 e. The van der Waals surface area contributed by atoms with Gasteiger partial charge in [-0.25, -0.2) is 4.39 Å². The Morgan fingerprint density at radius 1 is 1.50 bits per heavy atom. The average Bonchev–Trinajstić information content (AvgIpc) is 3.30. The molecule has 0 unspecified atom stereocenters. The van der Waals surface area contributed by atoms with Crippen molar-refractivity contribution in [2.24, 2.45) is 0 Å². The van der Waals surface area contributed by atoms with Crippen molar-refractivity contribution in [2.75, 3.05) is 13.7 Å². The molecule has 122 valence electrons. The number of rotatable bonds is 10. The average molecular weight is 306 g/mol. The number of methoxy groups -OCH3 is 1. The van der Waals surface area contributed by atoms with Crippen molar-refractivity contribution in [2.45, 2.75) is 51.7 Å². The fourth-order valence-electron chi connectivity index (χ4n) is 2.58. The zero-order valence-electron chi connectivity index (χ0n) is 13.7. The summed E-state index contributed by atoms with van der Waals surface area (Å²) < 4.78 is 21.0. The summed E-state index contributed by atoms with van der Waals surface area (Å²) >= 11 is 0. The lowest BCUT2D eigenvalue weighted by Gasteiger charge is -2.06. The molecule has 0 amide bonds. The first kappa shape index (κ1) is 17.0. The number of nitrogens with one attached hydrogen (secondary N) is 1. The Labute approximate surface area is 132 Å². The monoisotopic (exact) mass is 306 g/mol. The SMILES string of the molecule is C=C/C(F)=C\c1c(CNC2CC2)cn(CCCCOC)c1C. The predicted molar refractivity (Wildman–Crippen MR) is 89.4 cm³/mol. The Morgan fingerprint density at radius 2 is 2.27 bits per heavy atom. The van der Waals surface area contributed by atoms with E-state index in [0.29, 0.717) is 6.04 Å². The van der Waals surface area contributed by atoms with Crippen LogP contribution in [0.5, 0.6) is 0 Å². The molecule has 1 aromatic rings. The highest BCUT2D eigenvalue weighted by Crippen LogP contribution is 2.24. The number of allylic oxidation sites excluding steroid dienone is 2. The van der Waals surface area contributed by atoms with Crippen LogP contribution in [0.1, 0.15) is 42.5 Å². The maximum atomic E-state index is 13.6. The first-order valence-electron chi connectivity index (χ1n) is 8.06. The second-order valence-corrected chi connectivity index (χ2v) is 5.94. The topological polar surface area (TPSA) is 26.2 Å². The van der Waals surface area contributed by atoms with Crippen LogP contribution < -0.4 is 5.32 Å². The Bertz CT molecular complexity index is 529. The summed E-state index contributed by atoms with van der Waals surface area (Å²) in [7, 11) is 1.73. The van der Waals surface area contributed by atoms with Crippen LogP contribution in [0.15, 0.2) is 24.7 Å². The number of nitrogens with zero attached hydrogens (tertiary/aromatic N) is 1. The van der Waals surface area contributed by atoms with Crippen molar-refractivity contribution in [3.05, 3.63) is 41.5 Å². The minimum atomic E-state index is -0.284. The van der Waals surface area contributed by atoms with Crippen molar-refractivity contribution in [3.8, 4) is 0 Å². The van der Waals surface area contributed by atoms with Gasteiger partial charge < -0.3 is 14.6 Å². The minimum Gasteiger partial charge on any atom is -0.385 e. The summed E-state index contributed by atoms with van der Waals surface area (Å²) in [5, 5.41) is 3.51. The zero-order chi connectivity index (χ0) is 15.9. The van der Waals surface area contributed by atoms with Gasteiger partial charge in [0.05, 0.1) is 0 Å². The molecule has 22 heavy (non-hydrogen) atoms. The van der Waals surface area contributed by atoms with Gasteiger partial charge in [-0.3, -0.25) is 0 Å². The normalized spacial score (nSPS) is 15.3. The van der Waals surface area contributed by atoms with E-state index in [-0.39, 0.29) is 5.83 Å². The van der Waals surface area contributed by atoms with E-state index in [1.807, 2.05) is 0 Å². The molecule has 0 bridgehead atoms. The number of aryl methyl sites for hydroxylation is 1. The molecule has 1 heterocycles. The number of hydrogen-bond acceptors (Lipinski definition) is 2. The second kappa shape index (κ2) is 8.30. The first-order chi connectivity index (χ1) is 10.7. The highest BCUT2D eigenvalue weighted by Gasteiger charge is 2.21. The smallest absolute Gasteiger partial charge is 0.123 e. The lowest BCUT2D eigenvalue weighted by atomic mass is 10.1. The Kier molecular flexibility index (Phi) is 6.40. The maximum Gasteiger partial charge on any atom is 0.123 e. The van der Waals surface area contributed by atoms with Gasteiger partial charge >= 0.3 is 0 Å². The first-order valence-corrected chi connectivity index (χ1v) is 8.06. The van der Waals surface area contributed by atoms with Crippen molar-refractivity contribution in [3.63, 3.8) is 0 Å². The van der Waals surface area contributed by atoms with E-state index in [9.17, 15) is 4.39 Å². The summed E-state index contributed by atoms with van der Waals surface area (Å²) in [6.45, 7) is 8.08. The van der Waals surface area contributed by atoms with E-state index in [2.05, 4.69) is 29.6 Å². The van der Waals surface area contributed by atoms with Crippen LogP contribution in [0, 0.1) is 6.92 Å². The van der Waals surface area contributed by atoms with Crippen LogP contribution in [-0.2, 0) is 17.8 Å². The van der Waals surface area contributed by atoms with Crippen LogP contribution >= 0.6 is 0 Å². The van der Waals surface area contributed by atoms with E-state index in [1.165, 1.54) is 18.9 Å². The van der Waals surface area contributed by atoms with E-state index >= 15 is 0 Å². The minimum absolute atomic E-state index is 0.284. The maximum absolute atomic E-state index is 13.6. The molecule has 4 heteroatoms. The van der Waals surface area contributed by atoms with Gasteiger partial charge in [0.1, 0.15) is 5.83 Å². The molecule has 0 radical (unpaired) electrons. The van der Waals surface area contributed by atoms with Crippen LogP contribution in [-0.4, -0.2) is 24.3 Å².